The van der Waals surface area contributed by atoms with E-state index in [9.17, 15) is 22.8 Å². The van der Waals surface area contributed by atoms with Gasteiger partial charge in [-0.25, -0.2) is 12.7 Å². The number of benzene rings is 2. The van der Waals surface area contributed by atoms with E-state index in [1.165, 1.54) is 36.1 Å². The highest BCUT2D eigenvalue weighted by atomic mass is 35.5. The van der Waals surface area contributed by atoms with Crippen LogP contribution in [0.2, 0.25) is 10.0 Å². The fraction of sp³-hybridized carbons (Fsp3) is 0.348. The van der Waals surface area contributed by atoms with Gasteiger partial charge in [0, 0.05) is 22.1 Å². The van der Waals surface area contributed by atoms with Crippen LogP contribution in [-0.2, 0) is 26.2 Å². The van der Waals surface area contributed by atoms with E-state index in [4.69, 9.17) is 23.2 Å². The van der Waals surface area contributed by atoms with Crippen molar-refractivity contribution < 1.29 is 22.8 Å². The van der Waals surface area contributed by atoms with E-state index in [0.717, 1.165) is 0 Å². The van der Waals surface area contributed by atoms with Crippen molar-refractivity contribution >= 4 is 50.9 Å². The first-order valence-electron chi connectivity index (χ1n) is 10.4. The first-order valence-corrected chi connectivity index (χ1v) is 12.6. The largest absolute Gasteiger partial charge is 0.350 e. The Morgan fingerprint density at radius 2 is 1.76 bits per heavy atom. The normalized spacial score (nSPS) is 15.6. The van der Waals surface area contributed by atoms with Crippen molar-refractivity contribution in [1.82, 2.24) is 14.5 Å². The monoisotopic (exact) mass is 525 g/mol. The van der Waals surface area contributed by atoms with E-state index in [1.807, 2.05) is 0 Å². The molecule has 1 atom stereocenters. The molecule has 1 N–H and O–H groups in total. The van der Waals surface area contributed by atoms with Gasteiger partial charge in [0.1, 0.15) is 17.5 Å². The number of hydrogen-bond acceptors (Lipinski definition) is 5. The highest BCUT2D eigenvalue weighted by Gasteiger charge is 2.43. The third-order valence-corrected chi connectivity index (χ3v) is 7.59. The second kappa shape index (κ2) is 9.56. The summed E-state index contributed by atoms with van der Waals surface area (Å²) in [5, 5.41) is 3.49. The van der Waals surface area contributed by atoms with Gasteiger partial charge in [-0.1, -0.05) is 41.4 Å². The summed E-state index contributed by atoms with van der Waals surface area (Å²) in [5.74, 6) is -1.96. The van der Waals surface area contributed by atoms with Crippen LogP contribution >= 0.6 is 23.2 Å². The van der Waals surface area contributed by atoms with E-state index >= 15 is 0 Å². The molecule has 0 aliphatic carbocycles. The number of rotatable bonds is 6. The van der Waals surface area contributed by atoms with E-state index in [1.54, 1.807) is 39.0 Å². The van der Waals surface area contributed by atoms with Crippen LogP contribution < -0.4 is 5.32 Å². The van der Waals surface area contributed by atoms with Crippen LogP contribution in [0, 0.1) is 0 Å². The average molecular weight is 526 g/mol. The van der Waals surface area contributed by atoms with Crippen LogP contribution in [0.3, 0.4) is 0 Å². The number of nitrogens with zero attached hydrogens (tertiary/aromatic N) is 2. The topological polar surface area (TPSA) is 104 Å². The van der Waals surface area contributed by atoms with Crippen LogP contribution in [0.4, 0.5) is 0 Å². The Kier molecular flexibility index (Phi) is 7.31. The van der Waals surface area contributed by atoms with E-state index in [-0.39, 0.29) is 22.0 Å². The SMILES string of the molecule is C[C@H](C(=O)NC(C)(C)C)N(Cc1ccc(Cl)cc1Cl)C(=O)CN1C(=O)c2ccccc2S1(=O)=O. The lowest BCUT2D eigenvalue weighted by Gasteiger charge is -2.32. The van der Waals surface area contributed by atoms with Gasteiger partial charge in [-0.15, -0.1) is 0 Å². The van der Waals surface area contributed by atoms with Gasteiger partial charge in [0.05, 0.1) is 5.56 Å². The quantitative estimate of drug-likeness (QED) is 0.621. The Hall–Kier alpha value is -2.62. The Bertz CT molecular complexity index is 1260. The van der Waals surface area contributed by atoms with Crippen LogP contribution in [0.15, 0.2) is 47.4 Å². The van der Waals surface area contributed by atoms with Crippen LogP contribution in [0.1, 0.15) is 43.6 Å². The Morgan fingerprint density at radius 3 is 2.35 bits per heavy atom. The van der Waals surface area contributed by atoms with Gasteiger partial charge < -0.3 is 10.2 Å². The third kappa shape index (κ3) is 5.37. The molecule has 1 heterocycles. The third-order valence-electron chi connectivity index (χ3n) is 5.21. The summed E-state index contributed by atoms with van der Waals surface area (Å²) >= 11 is 12.3. The number of nitrogens with one attached hydrogen (secondary N) is 1. The Labute approximate surface area is 208 Å². The second-order valence-corrected chi connectivity index (χ2v) is 11.7. The predicted molar refractivity (Wildman–Crippen MR) is 129 cm³/mol. The minimum atomic E-state index is -4.19. The van der Waals surface area contributed by atoms with Crippen molar-refractivity contribution in [2.45, 2.75) is 50.7 Å². The number of sulfonamides is 1. The van der Waals surface area contributed by atoms with Crippen LogP contribution in [0.25, 0.3) is 0 Å². The van der Waals surface area contributed by atoms with Gasteiger partial charge in [-0.05, 0) is 57.5 Å². The average Bonchev–Trinajstić information content (AvgIpc) is 2.92. The lowest BCUT2D eigenvalue weighted by molar-refractivity contribution is -0.141. The number of amides is 3. The summed E-state index contributed by atoms with van der Waals surface area (Å²) in [4.78, 5) is 40.1. The Balaban J connectivity index is 1.93. The minimum absolute atomic E-state index is 0.00104. The zero-order valence-electron chi connectivity index (χ0n) is 19.1. The summed E-state index contributed by atoms with van der Waals surface area (Å²) in [6, 6.07) is 9.49. The van der Waals surface area contributed by atoms with Crippen LogP contribution in [0.5, 0.6) is 0 Å². The lowest BCUT2D eigenvalue weighted by Crippen LogP contribution is -2.54. The maximum absolute atomic E-state index is 13.4. The highest BCUT2D eigenvalue weighted by Crippen LogP contribution is 2.30. The molecular formula is C23H25Cl2N3O5S. The molecule has 34 heavy (non-hydrogen) atoms. The van der Waals surface area contributed by atoms with Crippen molar-refractivity contribution in [2.75, 3.05) is 6.54 Å². The molecule has 2 aromatic carbocycles. The molecule has 3 amide bonds. The van der Waals surface area contributed by atoms with Gasteiger partial charge in [0.2, 0.25) is 11.8 Å². The lowest BCUT2D eigenvalue weighted by atomic mass is 10.1. The molecule has 3 rings (SSSR count). The van der Waals surface area contributed by atoms with Crippen molar-refractivity contribution in [1.29, 1.82) is 0 Å². The summed E-state index contributed by atoms with van der Waals surface area (Å²) in [5.41, 5.74) is -0.0525. The molecule has 1 aliphatic rings. The van der Waals surface area contributed by atoms with Gasteiger partial charge in [0.25, 0.3) is 15.9 Å². The zero-order valence-corrected chi connectivity index (χ0v) is 21.5. The standard InChI is InChI=1S/C23H25Cl2N3O5S/c1-14(21(30)26-23(2,3)4)27(12-15-9-10-16(24)11-18(15)25)20(29)13-28-22(31)17-7-5-6-8-19(17)34(28,32)33/h5-11,14H,12-13H2,1-4H3,(H,26,30)/t14-/m1/s1. The van der Waals surface area contributed by atoms with Crippen molar-refractivity contribution in [2.24, 2.45) is 0 Å². The number of fused-ring (bicyclic) bond motifs is 1. The van der Waals surface area contributed by atoms with Crippen molar-refractivity contribution in [3.63, 3.8) is 0 Å². The predicted octanol–water partition coefficient (Wildman–Crippen LogP) is 3.47. The number of halogens is 2. The van der Waals surface area contributed by atoms with Gasteiger partial charge in [-0.3, -0.25) is 14.4 Å². The number of hydrogen-bond donors (Lipinski definition) is 1. The summed E-state index contributed by atoms with van der Waals surface area (Å²) < 4.78 is 26.4. The second-order valence-electron chi connectivity index (χ2n) is 8.99. The maximum atomic E-state index is 13.4. The molecule has 0 saturated heterocycles. The first kappa shape index (κ1) is 26.0. The van der Waals surface area contributed by atoms with Crippen molar-refractivity contribution in [3.05, 3.63) is 63.6 Å². The fourth-order valence-electron chi connectivity index (χ4n) is 3.49. The highest BCUT2D eigenvalue weighted by molar-refractivity contribution is 7.90. The number of carbonyl (C=O) groups is 3. The number of carbonyl (C=O) groups excluding carboxylic acids is 3. The summed E-state index contributed by atoms with van der Waals surface area (Å²) in [6.45, 7) is 6.07. The van der Waals surface area contributed by atoms with E-state index < -0.39 is 45.9 Å². The molecule has 0 spiro atoms. The molecule has 0 saturated carbocycles. The smallest absolute Gasteiger partial charge is 0.269 e. The minimum Gasteiger partial charge on any atom is -0.350 e. The van der Waals surface area contributed by atoms with Gasteiger partial charge in [-0.2, -0.15) is 0 Å². The molecular weight excluding hydrogens is 501 g/mol. The van der Waals surface area contributed by atoms with Crippen molar-refractivity contribution in [3.8, 4) is 0 Å². The molecule has 182 valence electrons. The maximum Gasteiger partial charge on any atom is 0.269 e. The van der Waals surface area contributed by atoms with E-state index in [2.05, 4.69) is 5.32 Å². The summed E-state index contributed by atoms with van der Waals surface area (Å²) in [7, 11) is -4.19. The van der Waals surface area contributed by atoms with Crippen LogP contribution in [-0.4, -0.2) is 53.5 Å². The Morgan fingerprint density at radius 1 is 1.12 bits per heavy atom. The zero-order chi connectivity index (χ0) is 25.4. The van der Waals surface area contributed by atoms with Gasteiger partial charge in [0.15, 0.2) is 0 Å². The first-order chi connectivity index (χ1) is 15.7. The molecule has 11 heteroatoms. The molecule has 8 nitrogen and oxygen atoms in total. The molecule has 0 radical (unpaired) electrons. The molecule has 0 unspecified atom stereocenters. The molecule has 0 fully saturated rings. The van der Waals surface area contributed by atoms with E-state index in [0.29, 0.717) is 14.9 Å². The summed E-state index contributed by atoms with van der Waals surface area (Å²) in [6.07, 6.45) is 0. The molecule has 0 aromatic heterocycles. The van der Waals surface area contributed by atoms with Gasteiger partial charge >= 0.3 is 0 Å². The fourth-order valence-corrected chi connectivity index (χ4v) is 5.48. The molecule has 0 bridgehead atoms. The molecule has 2 aromatic rings. The molecule has 1 aliphatic heterocycles.